The Labute approximate surface area is 124 Å². The molecule has 2 saturated carbocycles. The molecule has 0 aromatic carbocycles. The number of amides is 1. The second kappa shape index (κ2) is 5.84. The molecule has 1 amide bonds. The highest BCUT2D eigenvalue weighted by Crippen LogP contribution is 2.52. The van der Waals surface area contributed by atoms with E-state index in [0.717, 1.165) is 24.8 Å². The molecule has 2 aliphatic carbocycles. The molecule has 112 valence electrons. The lowest BCUT2D eigenvalue weighted by Gasteiger charge is -2.28. The Kier molecular flexibility index (Phi) is 3.90. The molecule has 0 radical (unpaired) electrons. The van der Waals surface area contributed by atoms with E-state index < -0.39 is 0 Å². The number of nitrogens with one attached hydrogen (secondary N) is 1. The van der Waals surface area contributed by atoms with Crippen LogP contribution in [0.1, 0.15) is 24.8 Å². The third-order valence-corrected chi connectivity index (χ3v) is 4.88. The van der Waals surface area contributed by atoms with Crippen LogP contribution in [0.4, 0.5) is 0 Å². The molecule has 5 heteroatoms. The van der Waals surface area contributed by atoms with E-state index in [4.69, 9.17) is 4.74 Å². The maximum Gasteiger partial charge on any atom is 0.309 e. The largest absolute Gasteiger partial charge is 0.469 e. The summed E-state index contributed by atoms with van der Waals surface area (Å²) in [5.74, 6) is -0.106. The number of fused-ring (bicyclic) bond motifs is 2. The van der Waals surface area contributed by atoms with Crippen molar-refractivity contribution >= 4 is 11.9 Å². The van der Waals surface area contributed by atoms with Crippen LogP contribution in [0, 0.1) is 23.7 Å². The number of hydrogen-bond donors (Lipinski definition) is 1. The smallest absolute Gasteiger partial charge is 0.309 e. The average molecular weight is 288 g/mol. The summed E-state index contributed by atoms with van der Waals surface area (Å²) in [6.07, 6.45) is 6.50. The predicted molar refractivity (Wildman–Crippen MR) is 75.9 cm³/mol. The number of carbonyl (C=O) groups excluding carboxylic acids is 2. The number of carbonyl (C=O) groups is 2. The van der Waals surface area contributed by atoms with Gasteiger partial charge in [0.1, 0.15) is 0 Å². The van der Waals surface area contributed by atoms with Gasteiger partial charge in [-0.15, -0.1) is 0 Å². The standard InChI is InChI=1S/C16H20N2O3/c1-21-16(20)14-12-5-4-11(7-12)13(14)15(19)18-9-10-3-2-6-17-8-10/h2-3,6,8,11-14H,4-5,7,9H2,1H3,(H,18,19)/t11?,12?,13-,14?/m0/s1. The van der Waals surface area contributed by atoms with Crippen molar-refractivity contribution in [2.45, 2.75) is 25.8 Å². The molecule has 2 aliphatic rings. The van der Waals surface area contributed by atoms with Crippen molar-refractivity contribution in [3.63, 3.8) is 0 Å². The Bertz CT molecular complexity index is 532. The molecule has 5 nitrogen and oxygen atoms in total. The average Bonchev–Trinajstić information content (AvgIpc) is 3.13. The normalized spacial score (nSPS) is 30.1. The predicted octanol–water partition coefficient (Wildman–Crippen LogP) is 1.53. The summed E-state index contributed by atoms with van der Waals surface area (Å²) in [7, 11) is 1.40. The van der Waals surface area contributed by atoms with E-state index in [1.165, 1.54) is 7.11 Å². The van der Waals surface area contributed by atoms with Crippen molar-refractivity contribution in [2.24, 2.45) is 23.7 Å². The lowest BCUT2D eigenvalue weighted by Crippen LogP contribution is -2.41. The highest BCUT2D eigenvalue weighted by molar-refractivity contribution is 5.86. The Morgan fingerprint density at radius 2 is 2.10 bits per heavy atom. The number of nitrogens with zero attached hydrogens (tertiary/aromatic N) is 1. The van der Waals surface area contributed by atoms with Gasteiger partial charge in [0, 0.05) is 18.9 Å². The first kappa shape index (κ1) is 14.0. The Morgan fingerprint density at radius 1 is 1.33 bits per heavy atom. The summed E-state index contributed by atoms with van der Waals surface area (Å²) in [6, 6.07) is 3.77. The molecule has 4 atom stereocenters. The van der Waals surface area contributed by atoms with Crippen molar-refractivity contribution in [3.05, 3.63) is 30.1 Å². The van der Waals surface area contributed by atoms with Gasteiger partial charge in [0.25, 0.3) is 0 Å². The Balaban J connectivity index is 1.67. The molecule has 2 fully saturated rings. The zero-order valence-electron chi connectivity index (χ0n) is 12.1. The second-order valence-electron chi connectivity index (χ2n) is 5.99. The maximum atomic E-state index is 12.5. The molecular formula is C16H20N2O3. The van der Waals surface area contributed by atoms with Gasteiger partial charge in [0.05, 0.1) is 18.9 Å². The van der Waals surface area contributed by atoms with Crippen molar-refractivity contribution in [3.8, 4) is 0 Å². The summed E-state index contributed by atoms with van der Waals surface area (Å²) in [4.78, 5) is 28.5. The molecule has 1 aromatic rings. The zero-order chi connectivity index (χ0) is 14.8. The summed E-state index contributed by atoms with van der Waals surface area (Å²) in [5, 5.41) is 2.95. The highest BCUT2D eigenvalue weighted by Gasteiger charge is 2.54. The minimum absolute atomic E-state index is 0.0264. The van der Waals surface area contributed by atoms with Crippen LogP contribution < -0.4 is 5.32 Å². The van der Waals surface area contributed by atoms with Gasteiger partial charge in [-0.3, -0.25) is 14.6 Å². The molecule has 21 heavy (non-hydrogen) atoms. The fourth-order valence-corrected chi connectivity index (χ4v) is 3.95. The van der Waals surface area contributed by atoms with Gasteiger partial charge in [-0.1, -0.05) is 6.07 Å². The summed E-state index contributed by atoms with van der Waals surface area (Å²) < 4.78 is 4.90. The van der Waals surface area contributed by atoms with Crippen LogP contribution in [0.2, 0.25) is 0 Å². The third-order valence-electron chi connectivity index (χ3n) is 4.88. The fourth-order valence-electron chi connectivity index (χ4n) is 3.95. The molecule has 1 heterocycles. The van der Waals surface area contributed by atoms with E-state index in [-0.39, 0.29) is 23.7 Å². The Hall–Kier alpha value is -1.91. The van der Waals surface area contributed by atoms with Gasteiger partial charge < -0.3 is 10.1 Å². The second-order valence-corrected chi connectivity index (χ2v) is 5.99. The molecule has 0 spiro atoms. The van der Waals surface area contributed by atoms with Gasteiger partial charge in [0.15, 0.2) is 0 Å². The molecule has 3 rings (SSSR count). The van der Waals surface area contributed by atoms with E-state index in [1.807, 2.05) is 12.1 Å². The van der Waals surface area contributed by atoms with Crippen LogP contribution in [-0.4, -0.2) is 24.0 Å². The van der Waals surface area contributed by atoms with E-state index in [0.29, 0.717) is 18.4 Å². The van der Waals surface area contributed by atoms with Gasteiger partial charge in [-0.2, -0.15) is 0 Å². The van der Waals surface area contributed by atoms with Gasteiger partial charge in [-0.25, -0.2) is 0 Å². The van der Waals surface area contributed by atoms with Crippen LogP contribution >= 0.6 is 0 Å². The van der Waals surface area contributed by atoms with Gasteiger partial charge in [-0.05, 0) is 42.7 Å². The summed E-state index contributed by atoms with van der Waals surface area (Å²) in [5.41, 5.74) is 0.962. The van der Waals surface area contributed by atoms with Crippen LogP contribution in [0.15, 0.2) is 24.5 Å². The molecule has 0 saturated heterocycles. The van der Waals surface area contributed by atoms with E-state index in [2.05, 4.69) is 10.3 Å². The number of ether oxygens (including phenoxy) is 1. The summed E-state index contributed by atoms with van der Waals surface area (Å²) >= 11 is 0. The first-order valence-corrected chi connectivity index (χ1v) is 7.45. The molecule has 2 bridgehead atoms. The maximum absolute atomic E-state index is 12.5. The van der Waals surface area contributed by atoms with Crippen LogP contribution in [0.3, 0.4) is 0 Å². The highest BCUT2D eigenvalue weighted by atomic mass is 16.5. The fraction of sp³-hybridized carbons (Fsp3) is 0.562. The topological polar surface area (TPSA) is 68.3 Å². The van der Waals surface area contributed by atoms with Crippen LogP contribution in [-0.2, 0) is 20.9 Å². The molecule has 3 unspecified atom stereocenters. The van der Waals surface area contributed by atoms with E-state index >= 15 is 0 Å². The lowest BCUT2D eigenvalue weighted by atomic mass is 9.78. The Morgan fingerprint density at radius 3 is 2.76 bits per heavy atom. The van der Waals surface area contributed by atoms with Crippen molar-refractivity contribution in [1.82, 2.24) is 10.3 Å². The molecule has 1 N–H and O–H groups in total. The quantitative estimate of drug-likeness (QED) is 0.853. The first-order valence-electron chi connectivity index (χ1n) is 7.45. The minimum atomic E-state index is -0.261. The van der Waals surface area contributed by atoms with Crippen molar-refractivity contribution in [2.75, 3.05) is 7.11 Å². The van der Waals surface area contributed by atoms with Crippen molar-refractivity contribution in [1.29, 1.82) is 0 Å². The third kappa shape index (κ3) is 2.64. The molecule has 1 aromatic heterocycles. The van der Waals surface area contributed by atoms with E-state index in [1.54, 1.807) is 12.4 Å². The van der Waals surface area contributed by atoms with E-state index in [9.17, 15) is 9.59 Å². The number of aromatic nitrogens is 1. The number of pyridine rings is 1. The number of rotatable bonds is 4. The first-order chi connectivity index (χ1) is 10.2. The van der Waals surface area contributed by atoms with Gasteiger partial charge in [0.2, 0.25) is 5.91 Å². The van der Waals surface area contributed by atoms with Crippen molar-refractivity contribution < 1.29 is 14.3 Å². The van der Waals surface area contributed by atoms with Gasteiger partial charge >= 0.3 is 5.97 Å². The SMILES string of the molecule is COC(=O)C1C2CCC(C2)[C@@H]1C(=O)NCc1cccnc1. The minimum Gasteiger partial charge on any atom is -0.469 e. The number of methoxy groups -OCH3 is 1. The molecule has 0 aliphatic heterocycles. The monoisotopic (exact) mass is 288 g/mol. The summed E-state index contributed by atoms with van der Waals surface area (Å²) in [6.45, 7) is 0.453. The van der Waals surface area contributed by atoms with Crippen LogP contribution in [0.5, 0.6) is 0 Å². The molecular weight excluding hydrogens is 268 g/mol. The lowest BCUT2D eigenvalue weighted by molar-refractivity contribution is -0.152. The number of hydrogen-bond acceptors (Lipinski definition) is 4. The van der Waals surface area contributed by atoms with Crippen LogP contribution in [0.25, 0.3) is 0 Å². The number of esters is 1. The zero-order valence-corrected chi connectivity index (χ0v) is 12.1.